The summed E-state index contributed by atoms with van der Waals surface area (Å²) in [5.74, 6) is 0.677. The van der Waals surface area contributed by atoms with Crippen LogP contribution in [0.2, 0.25) is 0 Å². The summed E-state index contributed by atoms with van der Waals surface area (Å²) < 4.78 is 0. The second-order valence-electron chi connectivity index (χ2n) is 5.91. The van der Waals surface area contributed by atoms with Gasteiger partial charge in [0.1, 0.15) is 17.7 Å². The van der Waals surface area contributed by atoms with Crippen LogP contribution >= 0.6 is 0 Å². The second kappa shape index (κ2) is 5.88. The summed E-state index contributed by atoms with van der Waals surface area (Å²) in [4.78, 5) is 24.7. The highest BCUT2D eigenvalue weighted by Crippen LogP contribution is 2.30. The summed E-state index contributed by atoms with van der Waals surface area (Å²) in [5, 5.41) is 10.4. The van der Waals surface area contributed by atoms with Gasteiger partial charge in [-0.1, -0.05) is 12.1 Å². The molecule has 1 aliphatic rings. The predicted octanol–water partition coefficient (Wildman–Crippen LogP) is 1.74. The molecular weight excluding hydrogens is 280 g/mol. The largest absolute Gasteiger partial charge is 0.480 e. The van der Waals surface area contributed by atoms with E-state index < -0.39 is 12.0 Å². The van der Waals surface area contributed by atoms with Gasteiger partial charge >= 0.3 is 5.97 Å². The molecule has 0 bridgehead atoms. The monoisotopic (exact) mass is 300 g/mol. The van der Waals surface area contributed by atoms with Gasteiger partial charge in [0, 0.05) is 11.9 Å². The molecule has 1 aromatic carbocycles. The molecule has 1 unspecified atom stereocenters. The van der Waals surface area contributed by atoms with E-state index >= 15 is 0 Å². The van der Waals surface area contributed by atoms with E-state index in [0.717, 1.165) is 35.5 Å². The number of anilines is 1. The zero-order valence-corrected chi connectivity index (χ0v) is 12.9. The quantitative estimate of drug-likeness (QED) is 0.927. The maximum atomic E-state index is 11.5. The normalized spacial score (nSPS) is 18.3. The lowest BCUT2D eigenvalue weighted by Crippen LogP contribution is -2.36. The Balaban J connectivity index is 2.12. The molecule has 0 saturated carbocycles. The molecule has 3 rings (SSSR count). The van der Waals surface area contributed by atoms with E-state index in [4.69, 9.17) is 0 Å². The first-order chi connectivity index (χ1) is 10.6. The molecule has 0 amide bonds. The first-order valence-electron chi connectivity index (χ1n) is 7.46. The van der Waals surface area contributed by atoms with Crippen LogP contribution in [0.3, 0.4) is 0 Å². The molecule has 1 saturated heterocycles. The van der Waals surface area contributed by atoms with Crippen LogP contribution < -0.4 is 4.90 Å². The molecule has 2 aromatic rings. The highest BCUT2D eigenvalue weighted by molar-refractivity contribution is 5.92. The standard InChI is InChI=1S/C16H20N4O2/c1-19(2)10-14-17-12-7-4-3-6-11(12)15(18-14)20-9-5-8-13(20)16(21)22/h3-4,6-7,13H,5,8-10H2,1-2H3,(H,21,22). The van der Waals surface area contributed by atoms with Crippen molar-refractivity contribution in [3.05, 3.63) is 30.1 Å². The van der Waals surface area contributed by atoms with Gasteiger partial charge in [-0.15, -0.1) is 0 Å². The number of hydrogen-bond acceptors (Lipinski definition) is 5. The van der Waals surface area contributed by atoms with E-state index in [-0.39, 0.29) is 0 Å². The van der Waals surface area contributed by atoms with Gasteiger partial charge < -0.3 is 14.9 Å². The van der Waals surface area contributed by atoms with Crippen molar-refractivity contribution in [2.24, 2.45) is 0 Å². The van der Waals surface area contributed by atoms with Gasteiger partial charge in [0.2, 0.25) is 0 Å². The highest BCUT2D eigenvalue weighted by Gasteiger charge is 2.32. The Morgan fingerprint density at radius 1 is 1.36 bits per heavy atom. The van der Waals surface area contributed by atoms with Crippen molar-refractivity contribution >= 4 is 22.7 Å². The average molecular weight is 300 g/mol. The van der Waals surface area contributed by atoms with Crippen LogP contribution in [0.1, 0.15) is 18.7 Å². The van der Waals surface area contributed by atoms with Crippen molar-refractivity contribution in [1.29, 1.82) is 0 Å². The fraction of sp³-hybridized carbons (Fsp3) is 0.438. The van der Waals surface area contributed by atoms with Crippen LogP contribution in [-0.4, -0.2) is 52.6 Å². The third-order valence-corrected chi connectivity index (χ3v) is 3.90. The summed E-state index contributed by atoms with van der Waals surface area (Å²) in [6.45, 7) is 1.35. The van der Waals surface area contributed by atoms with Gasteiger partial charge in [-0.05, 0) is 39.1 Å². The fourth-order valence-electron chi connectivity index (χ4n) is 2.96. The van der Waals surface area contributed by atoms with Crippen LogP contribution in [0.5, 0.6) is 0 Å². The van der Waals surface area contributed by atoms with Crippen LogP contribution in [0.25, 0.3) is 10.9 Å². The highest BCUT2D eigenvalue weighted by atomic mass is 16.4. The second-order valence-corrected chi connectivity index (χ2v) is 5.91. The lowest BCUT2D eigenvalue weighted by atomic mass is 10.2. The van der Waals surface area contributed by atoms with Gasteiger partial charge in [-0.3, -0.25) is 0 Å². The van der Waals surface area contributed by atoms with E-state index in [1.165, 1.54) is 0 Å². The van der Waals surface area contributed by atoms with Crippen LogP contribution in [0.4, 0.5) is 5.82 Å². The first-order valence-corrected chi connectivity index (χ1v) is 7.46. The van der Waals surface area contributed by atoms with Gasteiger partial charge in [-0.25, -0.2) is 14.8 Å². The summed E-state index contributed by atoms with van der Waals surface area (Å²) in [5.41, 5.74) is 0.861. The summed E-state index contributed by atoms with van der Waals surface area (Å²) in [6, 6.07) is 7.29. The predicted molar refractivity (Wildman–Crippen MR) is 84.9 cm³/mol. The van der Waals surface area contributed by atoms with E-state index in [0.29, 0.717) is 13.0 Å². The van der Waals surface area contributed by atoms with Crippen molar-refractivity contribution in [2.45, 2.75) is 25.4 Å². The molecular formula is C16H20N4O2. The van der Waals surface area contributed by atoms with Gasteiger partial charge in [0.25, 0.3) is 0 Å². The molecule has 6 nitrogen and oxygen atoms in total. The van der Waals surface area contributed by atoms with Crippen LogP contribution in [-0.2, 0) is 11.3 Å². The molecule has 1 atom stereocenters. The maximum absolute atomic E-state index is 11.5. The molecule has 22 heavy (non-hydrogen) atoms. The lowest BCUT2D eigenvalue weighted by Gasteiger charge is -2.24. The molecule has 1 aliphatic heterocycles. The Bertz CT molecular complexity index is 702. The number of hydrogen-bond donors (Lipinski definition) is 1. The molecule has 0 spiro atoms. The van der Waals surface area contributed by atoms with Gasteiger partial charge in [0.15, 0.2) is 0 Å². The SMILES string of the molecule is CN(C)Cc1nc(N2CCCC2C(=O)O)c2ccccc2n1. The number of benzene rings is 1. The smallest absolute Gasteiger partial charge is 0.326 e. The first kappa shape index (κ1) is 14.7. The number of rotatable bonds is 4. The topological polar surface area (TPSA) is 69.6 Å². The number of aliphatic carboxylic acids is 1. The minimum atomic E-state index is -0.783. The molecule has 1 aromatic heterocycles. The summed E-state index contributed by atoms with van der Waals surface area (Å²) in [7, 11) is 3.93. The summed E-state index contributed by atoms with van der Waals surface area (Å²) in [6.07, 6.45) is 1.54. The summed E-state index contributed by atoms with van der Waals surface area (Å²) >= 11 is 0. The lowest BCUT2D eigenvalue weighted by molar-refractivity contribution is -0.138. The number of para-hydroxylation sites is 1. The molecule has 0 aliphatic carbocycles. The number of carboxylic acids is 1. The van der Waals surface area contributed by atoms with E-state index in [1.54, 1.807) is 0 Å². The molecule has 1 N–H and O–H groups in total. The molecule has 6 heteroatoms. The van der Waals surface area contributed by atoms with Crippen molar-refractivity contribution in [3.8, 4) is 0 Å². The number of aromatic nitrogens is 2. The average Bonchev–Trinajstić information content (AvgIpc) is 2.95. The van der Waals surface area contributed by atoms with Crippen molar-refractivity contribution in [2.75, 3.05) is 25.5 Å². The zero-order chi connectivity index (χ0) is 15.7. The third kappa shape index (κ3) is 2.74. The van der Waals surface area contributed by atoms with Crippen molar-refractivity contribution in [1.82, 2.24) is 14.9 Å². The Morgan fingerprint density at radius 2 is 2.14 bits per heavy atom. The molecule has 1 fully saturated rings. The minimum absolute atomic E-state index is 0.495. The van der Waals surface area contributed by atoms with E-state index in [2.05, 4.69) is 9.97 Å². The van der Waals surface area contributed by atoms with Crippen molar-refractivity contribution < 1.29 is 9.90 Å². The minimum Gasteiger partial charge on any atom is -0.480 e. The number of nitrogens with zero attached hydrogens (tertiary/aromatic N) is 4. The number of carbonyl (C=O) groups is 1. The number of carboxylic acid groups (broad SMARTS) is 1. The van der Waals surface area contributed by atoms with Crippen LogP contribution in [0.15, 0.2) is 24.3 Å². The Labute approximate surface area is 129 Å². The molecule has 2 heterocycles. The molecule has 0 radical (unpaired) electrons. The van der Waals surface area contributed by atoms with Crippen molar-refractivity contribution in [3.63, 3.8) is 0 Å². The maximum Gasteiger partial charge on any atom is 0.326 e. The van der Waals surface area contributed by atoms with Gasteiger partial charge in [0.05, 0.1) is 12.1 Å². The zero-order valence-electron chi connectivity index (χ0n) is 12.9. The fourth-order valence-corrected chi connectivity index (χ4v) is 2.96. The Hall–Kier alpha value is -2.21. The van der Waals surface area contributed by atoms with E-state index in [9.17, 15) is 9.90 Å². The Morgan fingerprint density at radius 3 is 2.86 bits per heavy atom. The van der Waals surface area contributed by atoms with Gasteiger partial charge in [-0.2, -0.15) is 0 Å². The third-order valence-electron chi connectivity index (χ3n) is 3.90. The Kier molecular flexibility index (Phi) is 3.94. The van der Waals surface area contributed by atoms with E-state index in [1.807, 2.05) is 48.2 Å². The number of fused-ring (bicyclic) bond motifs is 1. The molecule has 116 valence electrons. The van der Waals surface area contributed by atoms with Crippen LogP contribution in [0, 0.1) is 0 Å².